The highest BCUT2D eigenvalue weighted by molar-refractivity contribution is 9.10. The summed E-state index contributed by atoms with van der Waals surface area (Å²) in [6.07, 6.45) is 0. The highest BCUT2D eigenvalue weighted by Gasteiger charge is 2.50. The van der Waals surface area contributed by atoms with E-state index in [1.54, 1.807) is 0 Å². The molecule has 1 spiro atoms. The third-order valence-corrected chi connectivity index (χ3v) is 8.24. The highest BCUT2D eigenvalue weighted by Crippen LogP contribution is 2.62. The number of halogens is 2. The second-order valence-electron chi connectivity index (χ2n) is 7.20. The van der Waals surface area contributed by atoms with Gasteiger partial charge >= 0.3 is 0 Å². The van der Waals surface area contributed by atoms with Crippen LogP contribution in [0.5, 0.6) is 0 Å². The number of benzene rings is 4. The molecule has 0 nitrogen and oxygen atoms in total. The molecule has 0 unspecified atom stereocenters. The van der Waals surface area contributed by atoms with Gasteiger partial charge in [0.15, 0.2) is 0 Å². The van der Waals surface area contributed by atoms with Crippen molar-refractivity contribution in [3.05, 3.63) is 117 Å². The molecule has 0 saturated heterocycles. The van der Waals surface area contributed by atoms with E-state index in [1.165, 1.54) is 43.2 Å². The summed E-state index contributed by atoms with van der Waals surface area (Å²) in [4.78, 5) is 2.62. The summed E-state index contributed by atoms with van der Waals surface area (Å²) in [5, 5.41) is 0.749. The van der Waals surface area contributed by atoms with Gasteiger partial charge in [0.1, 0.15) is 0 Å². The lowest BCUT2D eigenvalue weighted by atomic mass is 9.67. The first-order valence-corrected chi connectivity index (χ1v) is 11.2. The first-order chi connectivity index (χ1) is 13.7. The first-order valence-electron chi connectivity index (χ1n) is 9.17. The smallest absolute Gasteiger partial charge is 0.0735 e. The van der Waals surface area contributed by atoms with Crippen LogP contribution in [0, 0.1) is 0 Å². The fraction of sp³-hybridized carbons (Fsp3) is 0.0400. The molecule has 0 atom stereocenters. The molecule has 6 rings (SSSR count). The van der Waals surface area contributed by atoms with Gasteiger partial charge in [-0.1, -0.05) is 84.0 Å². The zero-order valence-electron chi connectivity index (χ0n) is 14.7. The first kappa shape index (κ1) is 16.9. The van der Waals surface area contributed by atoms with Crippen molar-refractivity contribution in [3.8, 4) is 11.1 Å². The largest absolute Gasteiger partial charge is 0.0894 e. The topological polar surface area (TPSA) is 0 Å². The van der Waals surface area contributed by atoms with Crippen LogP contribution >= 0.6 is 39.3 Å². The maximum absolute atomic E-state index is 6.64. The Morgan fingerprint density at radius 3 is 1.89 bits per heavy atom. The predicted octanol–water partition coefficient (Wildman–Crippen LogP) is 7.93. The molecule has 0 radical (unpaired) electrons. The van der Waals surface area contributed by atoms with Gasteiger partial charge in [0.25, 0.3) is 0 Å². The summed E-state index contributed by atoms with van der Waals surface area (Å²) in [5.74, 6) is 0. The number of rotatable bonds is 0. The highest BCUT2D eigenvalue weighted by atomic mass is 79.9. The molecule has 28 heavy (non-hydrogen) atoms. The molecule has 3 heteroatoms. The van der Waals surface area contributed by atoms with Crippen LogP contribution in [0.2, 0.25) is 5.02 Å². The summed E-state index contributed by atoms with van der Waals surface area (Å²) < 4.78 is 0.937. The van der Waals surface area contributed by atoms with Crippen LogP contribution in [0.25, 0.3) is 11.1 Å². The third kappa shape index (κ3) is 2.03. The van der Waals surface area contributed by atoms with Crippen molar-refractivity contribution < 1.29 is 0 Å². The van der Waals surface area contributed by atoms with Gasteiger partial charge in [-0.3, -0.25) is 0 Å². The molecule has 0 bridgehead atoms. The number of fused-ring (bicyclic) bond motifs is 9. The molecule has 1 aliphatic carbocycles. The lowest BCUT2D eigenvalue weighted by Gasteiger charge is -2.39. The molecular weight excluding hydrogens is 448 g/mol. The molecule has 4 aromatic rings. The van der Waals surface area contributed by atoms with Gasteiger partial charge in [-0.25, -0.2) is 0 Å². The zero-order chi connectivity index (χ0) is 18.9. The van der Waals surface area contributed by atoms with E-state index >= 15 is 0 Å². The van der Waals surface area contributed by atoms with Crippen molar-refractivity contribution in [2.24, 2.45) is 0 Å². The van der Waals surface area contributed by atoms with E-state index in [9.17, 15) is 0 Å². The summed E-state index contributed by atoms with van der Waals surface area (Å²) >= 11 is 12.1. The molecule has 4 aromatic carbocycles. The Kier molecular flexibility index (Phi) is 3.62. The van der Waals surface area contributed by atoms with Gasteiger partial charge < -0.3 is 0 Å². The Morgan fingerprint density at radius 1 is 0.643 bits per heavy atom. The number of hydrogen-bond acceptors (Lipinski definition) is 1. The zero-order valence-corrected chi connectivity index (χ0v) is 17.9. The van der Waals surface area contributed by atoms with Gasteiger partial charge in [0.2, 0.25) is 0 Å². The average molecular weight is 462 g/mol. The van der Waals surface area contributed by atoms with E-state index in [4.69, 9.17) is 11.6 Å². The van der Waals surface area contributed by atoms with Crippen molar-refractivity contribution in [2.45, 2.75) is 15.2 Å². The fourth-order valence-electron chi connectivity index (χ4n) is 4.84. The number of hydrogen-bond donors (Lipinski definition) is 0. The maximum atomic E-state index is 6.64. The standard InChI is InChI=1S/C25H14BrClS/c26-21-13-16-15-7-1-2-8-17(15)25(20(16)14-22(21)27)18-9-3-5-11-23(18)28-24-12-6-4-10-19(24)25/h1-14H. The predicted molar refractivity (Wildman–Crippen MR) is 121 cm³/mol. The summed E-state index contributed by atoms with van der Waals surface area (Å²) in [7, 11) is 0. The molecule has 1 aliphatic heterocycles. The Balaban J connectivity index is 1.86. The van der Waals surface area contributed by atoms with E-state index in [0.29, 0.717) is 0 Å². The van der Waals surface area contributed by atoms with Crippen molar-refractivity contribution in [2.75, 3.05) is 0 Å². The quantitative estimate of drug-likeness (QED) is 0.221. The van der Waals surface area contributed by atoms with Gasteiger partial charge in [-0.05, 0) is 73.6 Å². The van der Waals surface area contributed by atoms with E-state index in [1.807, 2.05) is 11.8 Å². The van der Waals surface area contributed by atoms with E-state index < -0.39 is 0 Å². The molecule has 134 valence electrons. The van der Waals surface area contributed by atoms with Crippen molar-refractivity contribution in [1.29, 1.82) is 0 Å². The lowest BCUT2D eigenvalue weighted by molar-refractivity contribution is 0.722. The molecule has 0 aromatic heterocycles. The monoisotopic (exact) mass is 460 g/mol. The Bertz CT molecular complexity index is 1230. The van der Waals surface area contributed by atoms with Crippen LogP contribution < -0.4 is 0 Å². The summed E-state index contributed by atoms with van der Waals surface area (Å²) in [6.45, 7) is 0. The molecule has 1 heterocycles. The summed E-state index contributed by atoms with van der Waals surface area (Å²) in [5.41, 5.74) is 7.47. The van der Waals surface area contributed by atoms with Gasteiger partial charge in [-0.2, -0.15) is 0 Å². The van der Waals surface area contributed by atoms with Gasteiger partial charge in [-0.15, -0.1) is 0 Å². The third-order valence-electron chi connectivity index (χ3n) is 5.89. The van der Waals surface area contributed by atoms with E-state index in [0.717, 1.165) is 9.50 Å². The molecule has 0 amide bonds. The van der Waals surface area contributed by atoms with Crippen LogP contribution in [0.3, 0.4) is 0 Å². The van der Waals surface area contributed by atoms with Gasteiger partial charge in [0, 0.05) is 14.3 Å². The van der Waals surface area contributed by atoms with Crippen molar-refractivity contribution in [1.82, 2.24) is 0 Å². The second-order valence-corrected chi connectivity index (χ2v) is 9.55. The molecular formula is C25H14BrClS. The van der Waals surface area contributed by atoms with Gasteiger partial charge in [0.05, 0.1) is 10.4 Å². The normalized spacial score (nSPS) is 14.9. The lowest BCUT2D eigenvalue weighted by Crippen LogP contribution is -2.31. The van der Waals surface area contributed by atoms with E-state index in [-0.39, 0.29) is 5.41 Å². The Labute approximate surface area is 181 Å². The minimum Gasteiger partial charge on any atom is -0.0894 e. The van der Waals surface area contributed by atoms with Crippen LogP contribution in [0.1, 0.15) is 22.3 Å². The molecule has 0 saturated carbocycles. The Hall–Kier alpha value is -2.00. The van der Waals surface area contributed by atoms with Crippen LogP contribution in [0.15, 0.2) is 99.2 Å². The SMILES string of the molecule is Clc1cc2c(cc1Br)-c1ccccc1C21c2ccccc2Sc2ccccc21. The van der Waals surface area contributed by atoms with Crippen LogP contribution in [-0.2, 0) is 5.41 Å². The summed E-state index contributed by atoms with van der Waals surface area (Å²) in [6, 6.07) is 30.7. The minimum absolute atomic E-state index is 0.339. The van der Waals surface area contributed by atoms with Crippen molar-refractivity contribution in [3.63, 3.8) is 0 Å². The minimum atomic E-state index is -0.339. The van der Waals surface area contributed by atoms with Crippen LogP contribution in [-0.4, -0.2) is 0 Å². The Morgan fingerprint density at radius 2 is 1.21 bits per heavy atom. The molecule has 2 aliphatic rings. The molecule has 0 N–H and O–H groups in total. The fourth-order valence-corrected chi connectivity index (χ4v) is 6.54. The van der Waals surface area contributed by atoms with Crippen molar-refractivity contribution >= 4 is 39.3 Å². The maximum Gasteiger partial charge on any atom is 0.0735 e. The van der Waals surface area contributed by atoms with E-state index in [2.05, 4.69) is 101 Å². The van der Waals surface area contributed by atoms with Crippen LogP contribution in [0.4, 0.5) is 0 Å². The average Bonchev–Trinajstić information content (AvgIpc) is 2.99. The second kappa shape index (κ2) is 6.00. The molecule has 0 fully saturated rings.